The Balaban J connectivity index is 4.03. The second-order valence-electron chi connectivity index (χ2n) is 19.9. The predicted octanol–water partition coefficient (Wildman–Crippen LogP) is 17.1. The van der Waals surface area contributed by atoms with Crippen LogP contribution in [0.3, 0.4) is 0 Å². The first-order valence-corrected chi connectivity index (χ1v) is 29.5. The van der Waals surface area contributed by atoms with E-state index in [2.05, 4.69) is 74.6 Å². The molecule has 2 unspecified atom stereocenters. The van der Waals surface area contributed by atoms with Gasteiger partial charge in [0.25, 0.3) is 0 Å². The van der Waals surface area contributed by atoms with Crippen LogP contribution in [0.5, 0.6) is 0 Å². The molecule has 0 fully saturated rings. The van der Waals surface area contributed by atoms with Crippen LogP contribution in [0, 0.1) is 0 Å². The maximum Gasteiger partial charge on any atom is 0.472 e. The maximum atomic E-state index is 12.7. The molecule has 0 heterocycles. The van der Waals surface area contributed by atoms with E-state index in [9.17, 15) is 19.0 Å². The first-order valence-electron chi connectivity index (χ1n) is 28.0. The zero-order valence-corrected chi connectivity index (χ0v) is 45.7. The molecule has 0 saturated heterocycles. The van der Waals surface area contributed by atoms with Crippen molar-refractivity contribution in [2.45, 2.75) is 251 Å². The van der Waals surface area contributed by atoms with Gasteiger partial charge >= 0.3 is 19.8 Å². The largest absolute Gasteiger partial charge is 0.472 e. The molecule has 0 aliphatic rings. The first kappa shape index (κ1) is 65.7. The number of likely N-dealkylation sites (N-methyl/N-ethyl adjacent to an activating group) is 1. The number of quaternary nitrogens is 1. The highest BCUT2D eigenvalue weighted by Gasteiger charge is 2.27. The quantitative estimate of drug-likeness (QED) is 0.0211. The third-order valence-corrected chi connectivity index (χ3v) is 13.0. The van der Waals surface area contributed by atoms with Gasteiger partial charge in [-0.2, -0.15) is 0 Å². The summed E-state index contributed by atoms with van der Waals surface area (Å²) in [6.45, 7) is 4.28. The smallest absolute Gasteiger partial charge is 0.462 e. The van der Waals surface area contributed by atoms with Crippen LogP contribution in [0.2, 0.25) is 0 Å². The molecule has 0 aromatic rings. The van der Waals surface area contributed by atoms with Gasteiger partial charge in [-0.3, -0.25) is 18.6 Å². The van der Waals surface area contributed by atoms with Crippen LogP contribution in [0.15, 0.2) is 60.8 Å². The van der Waals surface area contributed by atoms with Crippen LogP contribution in [-0.2, 0) is 32.7 Å². The van der Waals surface area contributed by atoms with Gasteiger partial charge < -0.3 is 18.9 Å². The van der Waals surface area contributed by atoms with E-state index >= 15 is 0 Å². The predicted molar refractivity (Wildman–Crippen MR) is 289 cm³/mol. The molecule has 0 radical (unpaired) electrons. The Labute approximate surface area is 419 Å². The van der Waals surface area contributed by atoms with Gasteiger partial charge in [-0.15, -0.1) is 0 Å². The van der Waals surface area contributed by atoms with Crippen LogP contribution >= 0.6 is 7.82 Å². The molecule has 0 aromatic carbocycles. The van der Waals surface area contributed by atoms with E-state index in [1.54, 1.807) is 0 Å². The number of esters is 2. The molecule has 0 saturated carbocycles. The van der Waals surface area contributed by atoms with Gasteiger partial charge in [-0.25, -0.2) is 4.57 Å². The van der Waals surface area contributed by atoms with E-state index in [1.807, 2.05) is 21.1 Å². The lowest BCUT2D eigenvalue weighted by molar-refractivity contribution is -0.870. The summed E-state index contributed by atoms with van der Waals surface area (Å²) in [7, 11) is 1.46. The lowest BCUT2D eigenvalue weighted by Gasteiger charge is -2.24. The summed E-state index contributed by atoms with van der Waals surface area (Å²) >= 11 is 0. The third-order valence-electron chi connectivity index (χ3n) is 12.0. The van der Waals surface area contributed by atoms with Gasteiger partial charge in [0.15, 0.2) is 6.10 Å². The van der Waals surface area contributed by atoms with Crippen molar-refractivity contribution in [3.8, 4) is 0 Å². The second-order valence-corrected chi connectivity index (χ2v) is 21.4. The van der Waals surface area contributed by atoms with Crippen LogP contribution in [0.1, 0.15) is 245 Å². The number of ether oxygens (including phenoxy) is 2. The van der Waals surface area contributed by atoms with Crippen molar-refractivity contribution in [3.63, 3.8) is 0 Å². The van der Waals surface area contributed by atoms with Crippen molar-refractivity contribution in [2.24, 2.45) is 0 Å². The van der Waals surface area contributed by atoms with Crippen molar-refractivity contribution in [1.29, 1.82) is 0 Å². The van der Waals surface area contributed by atoms with E-state index in [-0.39, 0.29) is 32.0 Å². The summed E-state index contributed by atoms with van der Waals surface area (Å²) in [5.41, 5.74) is 0. The fourth-order valence-electron chi connectivity index (χ4n) is 7.71. The zero-order valence-electron chi connectivity index (χ0n) is 44.8. The second kappa shape index (κ2) is 49.7. The normalized spacial score (nSPS) is 13.8. The van der Waals surface area contributed by atoms with E-state index in [1.165, 1.54) is 148 Å². The van der Waals surface area contributed by atoms with E-state index in [4.69, 9.17) is 18.5 Å². The highest BCUT2D eigenvalue weighted by molar-refractivity contribution is 7.47. The van der Waals surface area contributed by atoms with Crippen molar-refractivity contribution in [2.75, 3.05) is 47.5 Å². The number of carbonyl (C=O) groups is 2. The summed E-state index contributed by atoms with van der Waals surface area (Å²) in [6, 6.07) is 0. The van der Waals surface area contributed by atoms with Crippen LogP contribution in [0.25, 0.3) is 0 Å². The van der Waals surface area contributed by atoms with Crippen LogP contribution in [0.4, 0.5) is 0 Å². The van der Waals surface area contributed by atoms with Crippen LogP contribution < -0.4 is 0 Å². The van der Waals surface area contributed by atoms with E-state index in [0.29, 0.717) is 17.4 Å². The molecule has 0 aliphatic heterocycles. The zero-order chi connectivity index (χ0) is 49.9. The molecule has 0 amide bonds. The Bertz CT molecular complexity index is 1340. The van der Waals surface area contributed by atoms with Gasteiger partial charge in [0.1, 0.15) is 19.8 Å². The average Bonchev–Trinajstić information content (AvgIpc) is 3.30. The number of rotatable bonds is 51. The molecule has 0 spiro atoms. The average molecular weight is 977 g/mol. The van der Waals surface area contributed by atoms with Crippen molar-refractivity contribution >= 4 is 19.8 Å². The molecule has 10 heteroatoms. The summed E-state index contributed by atoms with van der Waals surface area (Å²) in [4.78, 5) is 35.5. The molecule has 0 aromatic heterocycles. The maximum absolute atomic E-state index is 12.7. The third kappa shape index (κ3) is 53.1. The van der Waals surface area contributed by atoms with Gasteiger partial charge in [0.05, 0.1) is 27.7 Å². The number of nitrogens with zero attached hydrogens (tertiary/aromatic N) is 1. The molecule has 396 valence electrons. The van der Waals surface area contributed by atoms with Crippen molar-refractivity contribution in [1.82, 2.24) is 0 Å². The fraction of sp³-hybridized carbons (Fsp3) is 0.793. The van der Waals surface area contributed by atoms with Gasteiger partial charge in [-0.1, -0.05) is 216 Å². The van der Waals surface area contributed by atoms with Gasteiger partial charge in [0.2, 0.25) is 0 Å². The number of phosphoric acid groups is 1. The Hall–Kier alpha value is -2.29. The molecule has 2 atom stereocenters. The lowest BCUT2D eigenvalue weighted by atomic mass is 10.0. The van der Waals surface area contributed by atoms with E-state index < -0.39 is 26.5 Å². The summed E-state index contributed by atoms with van der Waals surface area (Å²) in [5, 5.41) is 0. The molecular formula is C58H107NO8P+. The Morgan fingerprint density at radius 1 is 0.471 bits per heavy atom. The molecule has 1 N–H and O–H groups in total. The minimum atomic E-state index is -4.39. The first-order chi connectivity index (χ1) is 33.0. The molecule has 0 rings (SSSR count). The minimum Gasteiger partial charge on any atom is -0.462 e. The number of phosphoric ester groups is 1. The topological polar surface area (TPSA) is 108 Å². The van der Waals surface area contributed by atoms with Crippen LogP contribution in [-0.4, -0.2) is 74.9 Å². The number of allylic oxidation sites excluding steroid dienone is 10. The molecule has 0 bridgehead atoms. The standard InChI is InChI=1S/C58H106NO8P/c1-6-8-10-12-14-16-18-20-21-22-23-24-25-26-27-28-29-30-31-32-33-34-35-36-37-39-40-42-44-46-48-50-57(60)64-54-56(55-66-68(62,63)65-53-52-59(3,4)5)67-58(61)51-49-47-45-43-41-38-19-17-15-13-11-9-7-2/h9,11,15,17-18,20,22-23,38,41,56H,6-8,10,12-14,16,19,21,24-37,39-40,42-55H2,1-5H3/p+1/b11-9-,17-15-,20-18-,23-22-,41-38-. The molecule has 9 nitrogen and oxygen atoms in total. The summed E-state index contributed by atoms with van der Waals surface area (Å²) in [6.07, 6.45) is 63.1. The molecular weight excluding hydrogens is 870 g/mol. The summed E-state index contributed by atoms with van der Waals surface area (Å²) in [5.74, 6) is -0.828. The lowest BCUT2D eigenvalue weighted by Crippen LogP contribution is -2.37. The molecule has 0 aliphatic carbocycles. The Kier molecular flexibility index (Phi) is 48.0. The summed E-state index contributed by atoms with van der Waals surface area (Å²) < 4.78 is 34.4. The number of hydrogen-bond donors (Lipinski definition) is 1. The van der Waals surface area contributed by atoms with Gasteiger partial charge in [0, 0.05) is 12.8 Å². The van der Waals surface area contributed by atoms with Crippen molar-refractivity contribution in [3.05, 3.63) is 60.8 Å². The number of hydrogen-bond acceptors (Lipinski definition) is 7. The Morgan fingerprint density at radius 2 is 0.838 bits per heavy atom. The van der Waals surface area contributed by atoms with Gasteiger partial charge in [-0.05, 0) is 77.0 Å². The number of carbonyl (C=O) groups excluding carboxylic acids is 2. The minimum absolute atomic E-state index is 0.0249. The van der Waals surface area contributed by atoms with Crippen molar-refractivity contribution < 1.29 is 42.1 Å². The molecule has 68 heavy (non-hydrogen) atoms. The highest BCUT2D eigenvalue weighted by Crippen LogP contribution is 2.43. The van der Waals surface area contributed by atoms with E-state index in [0.717, 1.165) is 64.2 Å². The highest BCUT2D eigenvalue weighted by atomic mass is 31.2. The SMILES string of the molecule is CC/C=C\C/C=C\C/C=C\CCCCCC(=O)OC(COC(=O)CCCCCCCCCCCCCCCCCCCCC/C=C\C/C=C\CCCCCCC)COP(=O)(O)OCC[N+](C)(C)C. The monoisotopic (exact) mass is 977 g/mol. The fourth-order valence-corrected chi connectivity index (χ4v) is 8.45. The Morgan fingerprint density at radius 3 is 1.26 bits per heavy atom. The number of unbranched alkanes of at least 4 members (excludes halogenated alkanes) is 27.